The first-order valence-corrected chi connectivity index (χ1v) is 13.1. The van der Waals surface area contributed by atoms with Crippen molar-refractivity contribution in [2.75, 3.05) is 0 Å². The van der Waals surface area contributed by atoms with Gasteiger partial charge in [-0.3, -0.25) is 0 Å². The number of aryl methyl sites for hydroxylation is 2. The molecule has 0 radical (unpaired) electrons. The third-order valence-corrected chi connectivity index (χ3v) is 8.21. The minimum absolute atomic E-state index is 0.243. The smallest absolute Gasteiger partial charge is 0.335 e. The molecule has 0 saturated carbocycles. The van der Waals surface area contributed by atoms with Gasteiger partial charge in [0, 0.05) is 12.1 Å². The Morgan fingerprint density at radius 2 is 1.87 bits per heavy atom. The van der Waals surface area contributed by atoms with Gasteiger partial charge in [0.15, 0.2) is 12.0 Å². The molecule has 2 aromatic carbocycles. The van der Waals surface area contributed by atoms with Crippen LogP contribution in [0.4, 0.5) is 0 Å². The van der Waals surface area contributed by atoms with E-state index in [0.29, 0.717) is 21.7 Å². The number of halogens is 1. The molecule has 5 atom stereocenters. The molecular formula is C29H26ClN3O5. The predicted octanol–water partition coefficient (Wildman–Crippen LogP) is 5.13. The number of aromatic nitrogens is 3. The average Bonchev–Trinajstić information content (AvgIpc) is 3.53. The topological polar surface area (TPSA) is 95.7 Å². The zero-order chi connectivity index (χ0) is 26.2. The zero-order valence-electron chi connectivity index (χ0n) is 20.9. The molecule has 8 nitrogen and oxygen atoms in total. The molecule has 7 rings (SSSR count). The maximum Gasteiger partial charge on any atom is 0.335 e. The van der Waals surface area contributed by atoms with E-state index in [2.05, 4.69) is 28.2 Å². The van der Waals surface area contributed by atoms with Gasteiger partial charge in [-0.05, 0) is 61.1 Å². The molecule has 2 aliphatic heterocycles. The molecule has 1 N–H and O–H groups in total. The normalized spacial score (nSPS) is 26.1. The summed E-state index contributed by atoms with van der Waals surface area (Å²) in [6.45, 7) is 3.77. The number of ether oxygens (including phenoxy) is 3. The summed E-state index contributed by atoms with van der Waals surface area (Å²) < 4.78 is 21.6. The SMILES string of the molecule is CC1(C)O[C@@H]2[C@@H]([C@H](c3ccc4c(c3)CC4)c3ccccc3C(=O)O)O[C@@H](n3ccc4c(Cl)ncnc43)[C@@H]2O1. The van der Waals surface area contributed by atoms with Gasteiger partial charge >= 0.3 is 5.97 Å². The number of hydrogen-bond acceptors (Lipinski definition) is 6. The number of hydrogen-bond donors (Lipinski definition) is 1. The molecule has 194 valence electrons. The minimum Gasteiger partial charge on any atom is -0.478 e. The highest BCUT2D eigenvalue weighted by Crippen LogP contribution is 2.50. The second-order valence-corrected chi connectivity index (χ2v) is 10.9. The molecular weight excluding hydrogens is 506 g/mol. The Kier molecular flexibility index (Phi) is 5.39. The van der Waals surface area contributed by atoms with Crippen LogP contribution in [0.2, 0.25) is 5.15 Å². The molecule has 0 amide bonds. The van der Waals surface area contributed by atoms with Crippen molar-refractivity contribution < 1.29 is 24.1 Å². The van der Waals surface area contributed by atoms with Gasteiger partial charge in [-0.2, -0.15) is 0 Å². The van der Waals surface area contributed by atoms with Crippen LogP contribution in [0.15, 0.2) is 61.1 Å². The fourth-order valence-electron chi connectivity index (χ4n) is 6.16. The first-order chi connectivity index (χ1) is 18.3. The Morgan fingerprint density at radius 3 is 2.63 bits per heavy atom. The van der Waals surface area contributed by atoms with Gasteiger partial charge in [0.1, 0.15) is 35.4 Å². The van der Waals surface area contributed by atoms with Crippen molar-refractivity contribution in [3.63, 3.8) is 0 Å². The summed E-state index contributed by atoms with van der Waals surface area (Å²) in [5.74, 6) is -2.22. The quantitative estimate of drug-likeness (QED) is 0.357. The van der Waals surface area contributed by atoms with Gasteiger partial charge in [0.2, 0.25) is 0 Å². The molecule has 4 aromatic rings. The Balaban J connectivity index is 1.39. The number of benzene rings is 2. The minimum atomic E-state index is -0.979. The maximum atomic E-state index is 12.3. The van der Waals surface area contributed by atoms with E-state index < -0.39 is 42.2 Å². The molecule has 3 aliphatic rings. The van der Waals surface area contributed by atoms with Crippen LogP contribution in [-0.4, -0.2) is 49.7 Å². The highest BCUT2D eigenvalue weighted by molar-refractivity contribution is 6.33. The number of carbonyl (C=O) groups is 1. The predicted molar refractivity (Wildman–Crippen MR) is 139 cm³/mol. The summed E-state index contributed by atoms with van der Waals surface area (Å²) in [6, 6.07) is 15.4. The van der Waals surface area contributed by atoms with Crippen LogP contribution in [0.25, 0.3) is 11.0 Å². The van der Waals surface area contributed by atoms with Gasteiger partial charge in [0.25, 0.3) is 0 Å². The van der Waals surface area contributed by atoms with E-state index in [9.17, 15) is 9.90 Å². The Bertz CT molecular complexity index is 1580. The van der Waals surface area contributed by atoms with E-state index in [1.54, 1.807) is 12.1 Å². The third-order valence-electron chi connectivity index (χ3n) is 7.91. The van der Waals surface area contributed by atoms with Crippen molar-refractivity contribution in [1.82, 2.24) is 14.5 Å². The fourth-order valence-corrected chi connectivity index (χ4v) is 6.35. The van der Waals surface area contributed by atoms with Crippen molar-refractivity contribution in [1.29, 1.82) is 0 Å². The monoisotopic (exact) mass is 531 g/mol. The lowest BCUT2D eigenvalue weighted by atomic mass is 9.78. The number of nitrogens with zero attached hydrogens (tertiary/aromatic N) is 3. The Labute approximate surface area is 224 Å². The first kappa shape index (κ1) is 23.8. The maximum absolute atomic E-state index is 12.3. The van der Waals surface area contributed by atoms with Crippen molar-refractivity contribution >= 4 is 28.6 Å². The summed E-state index contributed by atoms with van der Waals surface area (Å²) in [7, 11) is 0. The summed E-state index contributed by atoms with van der Waals surface area (Å²) in [5, 5.41) is 11.2. The van der Waals surface area contributed by atoms with Crippen LogP contribution >= 0.6 is 11.6 Å². The van der Waals surface area contributed by atoms with Gasteiger partial charge in [-0.1, -0.05) is 48.0 Å². The molecule has 0 unspecified atom stereocenters. The van der Waals surface area contributed by atoms with Crippen LogP contribution < -0.4 is 0 Å². The molecule has 4 heterocycles. The lowest BCUT2D eigenvalue weighted by Gasteiger charge is -2.32. The second kappa shape index (κ2) is 8.61. The molecule has 0 bridgehead atoms. The highest BCUT2D eigenvalue weighted by Gasteiger charge is 2.58. The zero-order valence-corrected chi connectivity index (χ0v) is 21.6. The van der Waals surface area contributed by atoms with E-state index in [1.165, 1.54) is 17.5 Å². The van der Waals surface area contributed by atoms with Crippen LogP contribution in [0.1, 0.15) is 58.6 Å². The van der Waals surface area contributed by atoms with Gasteiger partial charge < -0.3 is 23.9 Å². The molecule has 1 aliphatic carbocycles. The number of carboxylic acid groups (broad SMARTS) is 1. The molecule has 2 fully saturated rings. The van der Waals surface area contributed by atoms with Gasteiger partial charge in [-0.15, -0.1) is 0 Å². The van der Waals surface area contributed by atoms with Crippen LogP contribution in [0, 0.1) is 0 Å². The van der Waals surface area contributed by atoms with E-state index in [1.807, 2.05) is 42.8 Å². The molecule has 2 aromatic heterocycles. The van der Waals surface area contributed by atoms with Crippen LogP contribution in [0.5, 0.6) is 0 Å². The van der Waals surface area contributed by atoms with Crippen LogP contribution in [0.3, 0.4) is 0 Å². The lowest BCUT2D eigenvalue weighted by molar-refractivity contribution is -0.197. The largest absolute Gasteiger partial charge is 0.478 e. The summed E-state index contributed by atoms with van der Waals surface area (Å²) in [6.07, 6.45) is 3.37. The number of fused-ring (bicyclic) bond motifs is 3. The summed E-state index contributed by atoms with van der Waals surface area (Å²) >= 11 is 6.34. The van der Waals surface area contributed by atoms with E-state index in [0.717, 1.165) is 18.4 Å². The second-order valence-electron chi connectivity index (χ2n) is 10.6. The standard InChI is InChI=1S/C29H26ClN3O5/c1-29(2)37-23-22(36-27(24(23)38-29)33-12-11-20-25(30)31-14-32-26(20)33)21(17-10-8-15-7-9-16(15)13-17)18-5-3-4-6-19(18)28(34)35/h3-6,8,10-14,21-24,27H,7,9H2,1-2H3,(H,34,35)/t21-,22-,23-,24-,27-/m1/s1. The molecule has 38 heavy (non-hydrogen) atoms. The Hall–Kier alpha value is -3.30. The van der Waals surface area contributed by atoms with Crippen molar-refractivity contribution in [3.8, 4) is 0 Å². The van der Waals surface area contributed by atoms with Crippen molar-refractivity contribution in [2.24, 2.45) is 0 Å². The van der Waals surface area contributed by atoms with Crippen molar-refractivity contribution in [3.05, 3.63) is 94.0 Å². The van der Waals surface area contributed by atoms with Crippen LogP contribution in [-0.2, 0) is 27.1 Å². The van der Waals surface area contributed by atoms with E-state index in [4.69, 9.17) is 25.8 Å². The highest BCUT2D eigenvalue weighted by atomic mass is 35.5. The van der Waals surface area contributed by atoms with Gasteiger partial charge in [0.05, 0.1) is 10.9 Å². The van der Waals surface area contributed by atoms with Crippen molar-refractivity contribution in [2.45, 2.75) is 62.9 Å². The fraction of sp³-hybridized carbons (Fsp3) is 0.345. The molecule has 9 heteroatoms. The van der Waals surface area contributed by atoms with Gasteiger partial charge in [-0.25, -0.2) is 14.8 Å². The lowest BCUT2D eigenvalue weighted by Crippen LogP contribution is -2.35. The number of aromatic carboxylic acids is 1. The summed E-state index contributed by atoms with van der Waals surface area (Å²) in [5.41, 5.74) is 5.17. The number of carboxylic acids is 1. The van der Waals surface area contributed by atoms with E-state index in [-0.39, 0.29) is 5.56 Å². The summed E-state index contributed by atoms with van der Waals surface area (Å²) in [4.78, 5) is 20.9. The first-order valence-electron chi connectivity index (χ1n) is 12.7. The third kappa shape index (κ3) is 3.66. The average molecular weight is 532 g/mol. The Morgan fingerprint density at radius 1 is 1.08 bits per heavy atom. The van der Waals surface area contributed by atoms with E-state index >= 15 is 0 Å². The molecule has 0 spiro atoms. The number of rotatable bonds is 5. The molecule has 2 saturated heterocycles.